The summed E-state index contributed by atoms with van der Waals surface area (Å²) in [6.45, 7) is 7.54. The van der Waals surface area contributed by atoms with E-state index in [1.165, 1.54) is 4.90 Å². The molecule has 0 heterocycles. The highest BCUT2D eigenvalue weighted by molar-refractivity contribution is 5.65. The zero-order valence-electron chi connectivity index (χ0n) is 8.74. The van der Waals surface area contributed by atoms with Crippen molar-refractivity contribution in [1.29, 1.82) is 0 Å². The van der Waals surface area contributed by atoms with Crippen LogP contribution in [0.5, 0.6) is 0 Å². The number of carboxylic acid groups (broad SMARTS) is 1. The van der Waals surface area contributed by atoms with Crippen LogP contribution in [0.15, 0.2) is 0 Å². The summed E-state index contributed by atoms with van der Waals surface area (Å²) in [7, 11) is 0. The van der Waals surface area contributed by atoms with E-state index >= 15 is 0 Å². The Labute approximate surface area is 79.2 Å². The Kier molecular flexibility index (Phi) is 4.20. The van der Waals surface area contributed by atoms with Crippen molar-refractivity contribution in [2.24, 2.45) is 0 Å². The van der Waals surface area contributed by atoms with Crippen LogP contribution in [0.25, 0.3) is 0 Å². The maximum Gasteiger partial charge on any atom is 0.407 e. The Bertz CT molecular complexity index is 172. The Morgan fingerprint density at radius 2 is 1.92 bits per heavy atom. The monoisotopic (exact) mass is 189 g/mol. The standard InChI is InChI=1S/C9H19NO3/c1-7(11)5-6-10(8(12)13)9(2,3)4/h7,11H,5-6H2,1-4H3,(H,12,13). The molecule has 0 fully saturated rings. The van der Waals surface area contributed by atoms with E-state index in [4.69, 9.17) is 10.2 Å². The third-order valence-electron chi connectivity index (χ3n) is 1.81. The van der Waals surface area contributed by atoms with Gasteiger partial charge in [-0.15, -0.1) is 0 Å². The third-order valence-corrected chi connectivity index (χ3v) is 1.81. The van der Waals surface area contributed by atoms with Crippen LogP contribution in [0.4, 0.5) is 4.79 Å². The molecule has 4 nitrogen and oxygen atoms in total. The van der Waals surface area contributed by atoms with Gasteiger partial charge >= 0.3 is 6.09 Å². The largest absolute Gasteiger partial charge is 0.465 e. The minimum Gasteiger partial charge on any atom is -0.465 e. The van der Waals surface area contributed by atoms with Gasteiger partial charge in [0, 0.05) is 12.1 Å². The van der Waals surface area contributed by atoms with Crippen molar-refractivity contribution in [1.82, 2.24) is 4.90 Å². The Hall–Kier alpha value is -0.770. The molecule has 0 aromatic carbocycles. The van der Waals surface area contributed by atoms with Crippen LogP contribution in [0, 0.1) is 0 Å². The molecule has 2 N–H and O–H groups in total. The van der Waals surface area contributed by atoms with Crippen LogP contribution in [-0.4, -0.2) is 39.4 Å². The summed E-state index contributed by atoms with van der Waals surface area (Å²) in [5, 5.41) is 17.9. The van der Waals surface area contributed by atoms with Crippen molar-refractivity contribution >= 4 is 6.09 Å². The van der Waals surface area contributed by atoms with Crippen molar-refractivity contribution in [3.8, 4) is 0 Å². The van der Waals surface area contributed by atoms with E-state index in [1.54, 1.807) is 6.92 Å². The third kappa shape index (κ3) is 4.72. The number of aliphatic hydroxyl groups excluding tert-OH is 1. The van der Waals surface area contributed by atoms with E-state index in [0.717, 1.165) is 0 Å². The SMILES string of the molecule is CC(O)CCN(C(=O)O)C(C)(C)C. The zero-order chi connectivity index (χ0) is 10.6. The van der Waals surface area contributed by atoms with Gasteiger partial charge in [-0.2, -0.15) is 0 Å². The molecule has 0 bridgehead atoms. The van der Waals surface area contributed by atoms with Gasteiger partial charge in [-0.1, -0.05) is 0 Å². The summed E-state index contributed by atoms with van der Waals surface area (Å²) < 4.78 is 0. The highest BCUT2D eigenvalue weighted by Crippen LogP contribution is 2.14. The van der Waals surface area contributed by atoms with E-state index in [9.17, 15) is 4.79 Å². The van der Waals surface area contributed by atoms with Gasteiger partial charge in [-0.3, -0.25) is 0 Å². The molecule has 0 aromatic heterocycles. The van der Waals surface area contributed by atoms with Gasteiger partial charge in [-0.05, 0) is 34.1 Å². The minimum atomic E-state index is -0.937. The van der Waals surface area contributed by atoms with Gasteiger partial charge in [0.2, 0.25) is 0 Å². The van der Waals surface area contributed by atoms with Gasteiger partial charge < -0.3 is 15.1 Å². The molecule has 0 aromatic rings. The quantitative estimate of drug-likeness (QED) is 0.707. The smallest absolute Gasteiger partial charge is 0.407 e. The number of amides is 1. The van der Waals surface area contributed by atoms with E-state index in [2.05, 4.69) is 0 Å². The molecular weight excluding hydrogens is 170 g/mol. The van der Waals surface area contributed by atoms with Crippen LogP contribution in [-0.2, 0) is 0 Å². The van der Waals surface area contributed by atoms with E-state index in [-0.39, 0.29) is 0 Å². The Balaban J connectivity index is 4.20. The maximum atomic E-state index is 10.8. The molecule has 0 rings (SSSR count). The van der Waals surface area contributed by atoms with E-state index < -0.39 is 17.7 Å². The first-order valence-electron chi connectivity index (χ1n) is 4.43. The number of rotatable bonds is 3. The zero-order valence-corrected chi connectivity index (χ0v) is 8.74. The lowest BCUT2D eigenvalue weighted by atomic mass is 10.1. The fourth-order valence-electron chi connectivity index (χ4n) is 1.03. The second-order valence-corrected chi connectivity index (χ2v) is 4.24. The molecule has 1 atom stereocenters. The summed E-state index contributed by atoms with van der Waals surface area (Å²) in [5.41, 5.74) is -0.402. The molecule has 0 aliphatic heterocycles. The number of hydrogen-bond donors (Lipinski definition) is 2. The summed E-state index contributed by atoms with van der Waals surface area (Å²) in [6, 6.07) is 0. The molecular formula is C9H19NO3. The van der Waals surface area contributed by atoms with Crippen LogP contribution >= 0.6 is 0 Å². The average Bonchev–Trinajstić information content (AvgIpc) is 1.81. The van der Waals surface area contributed by atoms with Gasteiger partial charge in [0.1, 0.15) is 0 Å². The molecule has 0 radical (unpaired) electrons. The number of aliphatic hydroxyl groups is 1. The van der Waals surface area contributed by atoms with Crippen LogP contribution in [0.3, 0.4) is 0 Å². The number of carbonyl (C=O) groups is 1. The second kappa shape index (κ2) is 4.46. The topological polar surface area (TPSA) is 60.8 Å². The van der Waals surface area contributed by atoms with Gasteiger partial charge in [0.25, 0.3) is 0 Å². The molecule has 0 aliphatic rings. The maximum absolute atomic E-state index is 10.8. The molecule has 13 heavy (non-hydrogen) atoms. The van der Waals surface area contributed by atoms with Crippen LogP contribution < -0.4 is 0 Å². The van der Waals surface area contributed by atoms with E-state index in [1.807, 2.05) is 20.8 Å². The van der Waals surface area contributed by atoms with Gasteiger partial charge in [0.05, 0.1) is 6.10 Å². The van der Waals surface area contributed by atoms with Crippen LogP contribution in [0.2, 0.25) is 0 Å². The lowest BCUT2D eigenvalue weighted by Crippen LogP contribution is -2.46. The Morgan fingerprint density at radius 1 is 1.46 bits per heavy atom. The number of hydrogen-bond acceptors (Lipinski definition) is 2. The molecule has 78 valence electrons. The van der Waals surface area contributed by atoms with Crippen molar-refractivity contribution in [2.45, 2.75) is 45.8 Å². The first-order valence-corrected chi connectivity index (χ1v) is 4.43. The molecule has 0 saturated heterocycles. The van der Waals surface area contributed by atoms with Crippen molar-refractivity contribution in [3.63, 3.8) is 0 Å². The van der Waals surface area contributed by atoms with Gasteiger partial charge in [-0.25, -0.2) is 4.79 Å². The number of nitrogens with zero attached hydrogens (tertiary/aromatic N) is 1. The molecule has 1 amide bonds. The summed E-state index contributed by atoms with van der Waals surface area (Å²) in [6.07, 6.45) is -0.916. The lowest BCUT2D eigenvalue weighted by molar-refractivity contribution is 0.0857. The molecule has 4 heteroatoms. The highest BCUT2D eigenvalue weighted by atomic mass is 16.4. The predicted octanol–water partition coefficient (Wildman–Crippen LogP) is 1.54. The first-order chi connectivity index (χ1) is 5.75. The normalized spacial score (nSPS) is 13.9. The summed E-state index contributed by atoms with van der Waals surface area (Å²) in [4.78, 5) is 12.1. The van der Waals surface area contributed by atoms with Crippen molar-refractivity contribution in [2.75, 3.05) is 6.54 Å². The second-order valence-electron chi connectivity index (χ2n) is 4.24. The molecule has 0 aliphatic carbocycles. The molecule has 1 unspecified atom stereocenters. The molecule has 0 spiro atoms. The lowest BCUT2D eigenvalue weighted by Gasteiger charge is -2.33. The molecule has 0 saturated carbocycles. The van der Waals surface area contributed by atoms with Crippen molar-refractivity contribution < 1.29 is 15.0 Å². The summed E-state index contributed by atoms with van der Waals surface area (Å²) in [5.74, 6) is 0. The Morgan fingerprint density at radius 3 is 2.15 bits per heavy atom. The summed E-state index contributed by atoms with van der Waals surface area (Å²) >= 11 is 0. The van der Waals surface area contributed by atoms with Gasteiger partial charge in [0.15, 0.2) is 0 Å². The fourth-order valence-corrected chi connectivity index (χ4v) is 1.03. The van der Waals surface area contributed by atoms with E-state index in [0.29, 0.717) is 13.0 Å². The van der Waals surface area contributed by atoms with Crippen LogP contribution in [0.1, 0.15) is 34.1 Å². The minimum absolute atomic E-state index is 0.372. The van der Waals surface area contributed by atoms with Crippen molar-refractivity contribution in [3.05, 3.63) is 0 Å². The first kappa shape index (κ1) is 12.2. The predicted molar refractivity (Wildman–Crippen MR) is 50.8 cm³/mol. The highest BCUT2D eigenvalue weighted by Gasteiger charge is 2.25. The average molecular weight is 189 g/mol. The fraction of sp³-hybridized carbons (Fsp3) is 0.889.